The Bertz CT molecular complexity index is 256. The lowest BCUT2D eigenvalue weighted by atomic mass is 9.75. The Morgan fingerprint density at radius 3 is 2.93 bits per heavy atom. The zero-order valence-corrected chi connectivity index (χ0v) is 9.21. The van der Waals surface area contributed by atoms with E-state index < -0.39 is 0 Å². The highest BCUT2D eigenvalue weighted by atomic mass is 16.2. The number of carbonyl (C=O) groups excluding carboxylic acids is 1. The normalized spacial score (nSPS) is 38.5. The number of urea groups is 1. The molecule has 0 aromatic heterocycles. The van der Waals surface area contributed by atoms with Gasteiger partial charge >= 0.3 is 6.03 Å². The molecule has 2 aliphatic rings. The number of amides is 2. The van der Waals surface area contributed by atoms with Gasteiger partial charge in [-0.1, -0.05) is 6.92 Å². The molecule has 2 amide bonds. The van der Waals surface area contributed by atoms with Crippen molar-refractivity contribution in [3.8, 4) is 0 Å². The minimum absolute atomic E-state index is 0.161. The minimum Gasteiger partial charge on any atom is -0.327 e. The van der Waals surface area contributed by atoms with E-state index in [1.165, 1.54) is 0 Å². The zero-order valence-electron chi connectivity index (χ0n) is 9.21. The predicted molar refractivity (Wildman–Crippen MR) is 55.2 cm³/mol. The molecule has 14 heavy (non-hydrogen) atoms. The van der Waals surface area contributed by atoms with Crippen molar-refractivity contribution in [3.63, 3.8) is 0 Å². The second-order valence-electron chi connectivity index (χ2n) is 4.88. The van der Waals surface area contributed by atoms with Crippen molar-refractivity contribution < 1.29 is 4.79 Å². The lowest BCUT2D eigenvalue weighted by Gasteiger charge is -2.52. The molecule has 2 unspecified atom stereocenters. The van der Waals surface area contributed by atoms with E-state index in [0.29, 0.717) is 6.04 Å². The van der Waals surface area contributed by atoms with Crippen LogP contribution in [-0.4, -0.2) is 55.6 Å². The van der Waals surface area contributed by atoms with Crippen LogP contribution in [-0.2, 0) is 0 Å². The standard InChI is InChI=1S/C10H19N3O/c1-10-6-11-5-4-8(10)13(3)9(14)12(2)7-10/h8,11H,4-7H2,1-3H3. The quantitative estimate of drug-likeness (QED) is 0.608. The topological polar surface area (TPSA) is 35.6 Å². The largest absolute Gasteiger partial charge is 0.327 e. The molecule has 2 saturated heterocycles. The van der Waals surface area contributed by atoms with Crippen LogP contribution < -0.4 is 5.32 Å². The summed E-state index contributed by atoms with van der Waals surface area (Å²) in [7, 11) is 3.81. The molecule has 0 aromatic rings. The van der Waals surface area contributed by atoms with Gasteiger partial charge in [0.15, 0.2) is 0 Å². The number of fused-ring (bicyclic) bond motifs is 1. The van der Waals surface area contributed by atoms with Gasteiger partial charge in [-0.15, -0.1) is 0 Å². The molecule has 2 fully saturated rings. The van der Waals surface area contributed by atoms with Gasteiger partial charge in [0.25, 0.3) is 0 Å². The number of nitrogens with zero attached hydrogens (tertiary/aromatic N) is 2. The molecular formula is C10H19N3O. The van der Waals surface area contributed by atoms with Crippen molar-refractivity contribution in [2.45, 2.75) is 19.4 Å². The maximum absolute atomic E-state index is 11.8. The average molecular weight is 197 g/mol. The van der Waals surface area contributed by atoms with Crippen LogP contribution in [0.25, 0.3) is 0 Å². The van der Waals surface area contributed by atoms with E-state index in [-0.39, 0.29) is 11.4 Å². The van der Waals surface area contributed by atoms with Crippen molar-refractivity contribution >= 4 is 6.03 Å². The highest BCUT2D eigenvalue weighted by Gasteiger charge is 2.46. The van der Waals surface area contributed by atoms with E-state index in [2.05, 4.69) is 12.2 Å². The lowest BCUT2D eigenvalue weighted by Crippen LogP contribution is -2.66. The van der Waals surface area contributed by atoms with Gasteiger partial charge in [0, 0.05) is 38.6 Å². The van der Waals surface area contributed by atoms with Crippen molar-refractivity contribution in [3.05, 3.63) is 0 Å². The Balaban J connectivity index is 2.24. The molecule has 4 heteroatoms. The van der Waals surface area contributed by atoms with Gasteiger partial charge in [-0.25, -0.2) is 4.79 Å². The van der Waals surface area contributed by atoms with Gasteiger partial charge < -0.3 is 15.1 Å². The first-order chi connectivity index (χ1) is 6.54. The summed E-state index contributed by atoms with van der Waals surface area (Å²) in [6.07, 6.45) is 1.08. The van der Waals surface area contributed by atoms with Crippen molar-refractivity contribution in [2.75, 3.05) is 33.7 Å². The van der Waals surface area contributed by atoms with Gasteiger partial charge in [0.1, 0.15) is 0 Å². The number of rotatable bonds is 0. The summed E-state index contributed by atoms with van der Waals surface area (Å²) in [4.78, 5) is 15.5. The number of carbonyl (C=O) groups is 1. The second-order valence-corrected chi connectivity index (χ2v) is 4.88. The van der Waals surface area contributed by atoms with Crippen molar-refractivity contribution in [1.29, 1.82) is 0 Å². The predicted octanol–water partition coefficient (Wildman–Crippen LogP) is 0.352. The minimum atomic E-state index is 0.161. The number of hydrogen-bond acceptors (Lipinski definition) is 2. The molecule has 2 rings (SSSR count). The van der Waals surface area contributed by atoms with Crippen LogP contribution in [0.2, 0.25) is 0 Å². The average Bonchev–Trinajstić information content (AvgIpc) is 2.14. The van der Waals surface area contributed by atoms with Crippen molar-refractivity contribution in [2.24, 2.45) is 5.41 Å². The van der Waals surface area contributed by atoms with Crippen molar-refractivity contribution in [1.82, 2.24) is 15.1 Å². The molecule has 2 atom stereocenters. The summed E-state index contributed by atoms with van der Waals surface area (Å²) >= 11 is 0. The van der Waals surface area contributed by atoms with Gasteiger partial charge in [0.05, 0.1) is 0 Å². The molecule has 0 radical (unpaired) electrons. The summed E-state index contributed by atoms with van der Waals surface area (Å²) < 4.78 is 0. The maximum atomic E-state index is 11.8. The summed E-state index contributed by atoms with van der Waals surface area (Å²) in [5, 5.41) is 3.42. The summed E-state index contributed by atoms with van der Waals surface area (Å²) in [5.41, 5.74) is 0.218. The van der Waals surface area contributed by atoms with Gasteiger partial charge in [-0.2, -0.15) is 0 Å². The third kappa shape index (κ3) is 1.29. The van der Waals surface area contributed by atoms with Crippen LogP contribution in [0.4, 0.5) is 4.79 Å². The van der Waals surface area contributed by atoms with Crippen LogP contribution in [0.15, 0.2) is 0 Å². The molecule has 0 aliphatic carbocycles. The molecule has 0 aromatic carbocycles. The first-order valence-corrected chi connectivity index (χ1v) is 5.23. The first-order valence-electron chi connectivity index (χ1n) is 5.23. The number of piperidine rings is 1. The summed E-state index contributed by atoms with van der Waals surface area (Å²) in [5.74, 6) is 0. The van der Waals surface area contributed by atoms with Gasteiger partial charge in [-0.3, -0.25) is 0 Å². The molecule has 0 bridgehead atoms. The molecule has 0 spiro atoms. The fourth-order valence-electron chi connectivity index (χ4n) is 2.91. The Morgan fingerprint density at radius 1 is 1.50 bits per heavy atom. The molecule has 80 valence electrons. The van der Waals surface area contributed by atoms with Crippen LogP contribution in [0.5, 0.6) is 0 Å². The summed E-state index contributed by atoms with van der Waals surface area (Å²) in [6.45, 7) is 5.18. The van der Waals surface area contributed by atoms with Crippen LogP contribution >= 0.6 is 0 Å². The molecule has 2 aliphatic heterocycles. The number of nitrogens with one attached hydrogen (secondary N) is 1. The van der Waals surface area contributed by atoms with E-state index in [1.54, 1.807) is 0 Å². The number of hydrogen-bond donors (Lipinski definition) is 1. The lowest BCUT2D eigenvalue weighted by molar-refractivity contribution is 0.0142. The highest BCUT2D eigenvalue weighted by molar-refractivity contribution is 5.75. The second kappa shape index (κ2) is 3.12. The van der Waals surface area contributed by atoms with E-state index in [0.717, 1.165) is 26.1 Å². The third-order valence-corrected chi connectivity index (χ3v) is 3.62. The van der Waals surface area contributed by atoms with Gasteiger partial charge in [0.2, 0.25) is 0 Å². The monoisotopic (exact) mass is 197 g/mol. The van der Waals surface area contributed by atoms with E-state index in [4.69, 9.17) is 0 Å². The molecule has 1 N–H and O–H groups in total. The molecule has 4 nitrogen and oxygen atoms in total. The fourth-order valence-corrected chi connectivity index (χ4v) is 2.91. The SMILES string of the molecule is CN1CC2(C)CNCCC2N(C)C1=O. The Morgan fingerprint density at radius 2 is 2.21 bits per heavy atom. The van der Waals surface area contributed by atoms with E-state index in [9.17, 15) is 4.79 Å². The highest BCUT2D eigenvalue weighted by Crippen LogP contribution is 2.34. The zero-order chi connectivity index (χ0) is 10.3. The molecular weight excluding hydrogens is 178 g/mol. The maximum Gasteiger partial charge on any atom is 0.319 e. The Kier molecular flexibility index (Phi) is 2.18. The van der Waals surface area contributed by atoms with Gasteiger partial charge in [-0.05, 0) is 13.0 Å². The Hall–Kier alpha value is -0.770. The smallest absolute Gasteiger partial charge is 0.319 e. The van der Waals surface area contributed by atoms with Crippen LogP contribution in [0.3, 0.4) is 0 Å². The molecule has 2 heterocycles. The Labute approximate surface area is 85.2 Å². The van der Waals surface area contributed by atoms with E-state index in [1.807, 2.05) is 23.9 Å². The van der Waals surface area contributed by atoms with Crippen LogP contribution in [0, 0.1) is 5.41 Å². The van der Waals surface area contributed by atoms with Crippen LogP contribution in [0.1, 0.15) is 13.3 Å². The fraction of sp³-hybridized carbons (Fsp3) is 0.900. The third-order valence-electron chi connectivity index (χ3n) is 3.62. The molecule has 0 saturated carbocycles. The summed E-state index contributed by atoms with van der Waals surface area (Å²) in [6, 6.07) is 0.571. The first kappa shape index (κ1) is 9.77. The van der Waals surface area contributed by atoms with E-state index >= 15 is 0 Å².